The molecular weight excluding hydrogens is 621 g/mol. The molecule has 4 aromatic carbocycles. The van der Waals surface area contributed by atoms with Gasteiger partial charge in [0.05, 0.1) is 39.0 Å². The number of fused-ring (bicyclic) bond motifs is 1. The molecule has 9 nitrogen and oxygen atoms in total. The van der Waals surface area contributed by atoms with Crippen LogP contribution in [0.5, 0.6) is 5.75 Å². The summed E-state index contributed by atoms with van der Waals surface area (Å²) in [7, 11) is 1.62. The number of nitrogens with one attached hydrogen (secondary N) is 1. The highest BCUT2D eigenvalue weighted by Gasteiger charge is 2.49. The monoisotopic (exact) mass is 655 g/mol. The topological polar surface area (TPSA) is 111 Å². The Bertz CT molecular complexity index is 2030. The summed E-state index contributed by atoms with van der Waals surface area (Å²) in [5, 5.41) is 13.3. The summed E-state index contributed by atoms with van der Waals surface area (Å²) in [5.74, 6) is -0.269. The van der Waals surface area contributed by atoms with E-state index in [2.05, 4.69) is 20.3 Å². The number of carbonyl (C=O) groups excluding carboxylic acids is 1. The van der Waals surface area contributed by atoms with Crippen LogP contribution in [0.2, 0.25) is 0 Å². The van der Waals surface area contributed by atoms with Gasteiger partial charge >= 0.3 is 0 Å². The molecule has 0 aliphatic heterocycles. The lowest BCUT2D eigenvalue weighted by Crippen LogP contribution is -2.47. The largest absolute Gasteiger partial charge is 0.497 e. The highest BCUT2D eigenvalue weighted by molar-refractivity contribution is 6.06. The molecule has 7 rings (SSSR count). The van der Waals surface area contributed by atoms with E-state index in [-0.39, 0.29) is 30.9 Å². The number of aliphatic hydroxyl groups is 1. The van der Waals surface area contributed by atoms with Gasteiger partial charge in [0.15, 0.2) is 17.0 Å². The Kier molecular flexibility index (Phi) is 8.97. The number of amides is 1. The van der Waals surface area contributed by atoms with Crippen molar-refractivity contribution in [3.05, 3.63) is 162 Å². The SMILES string of the molecule is COc1ccc(C(OC[C@H]2[C@H](n3cnc4c(NC(=O)c5ccccc5)ncnc43)/C(=C\F)[C@@H]2CO)(c2ccccc2)c2ccccc2)cc1. The third kappa shape index (κ3) is 5.75. The molecule has 2 N–H and O–H groups in total. The van der Waals surface area contributed by atoms with E-state index in [1.165, 1.54) is 6.33 Å². The second-order valence-electron chi connectivity index (χ2n) is 11.8. The van der Waals surface area contributed by atoms with Crippen LogP contribution in [0.4, 0.5) is 10.2 Å². The van der Waals surface area contributed by atoms with Crippen LogP contribution in [-0.4, -0.2) is 50.9 Å². The molecule has 246 valence electrons. The van der Waals surface area contributed by atoms with Gasteiger partial charge in [0.25, 0.3) is 5.91 Å². The van der Waals surface area contributed by atoms with Crippen LogP contribution in [-0.2, 0) is 10.3 Å². The number of hydrogen-bond acceptors (Lipinski definition) is 7. The fourth-order valence-electron chi connectivity index (χ4n) is 6.83. The molecule has 6 aromatic rings. The number of aromatic nitrogens is 4. The van der Waals surface area contributed by atoms with Crippen LogP contribution in [0.1, 0.15) is 33.1 Å². The number of aliphatic hydroxyl groups excluding tert-OH is 1. The summed E-state index contributed by atoms with van der Waals surface area (Å²) in [6.07, 6.45) is 3.46. The van der Waals surface area contributed by atoms with Gasteiger partial charge in [0.1, 0.15) is 17.7 Å². The lowest BCUT2D eigenvalue weighted by atomic mass is 9.65. The molecule has 1 aliphatic rings. The van der Waals surface area contributed by atoms with Crippen LogP contribution in [0, 0.1) is 11.8 Å². The Hall–Kier alpha value is -5.71. The van der Waals surface area contributed by atoms with Crippen molar-refractivity contribution >= 4 is 22.9 Å². The molecule has 2 heterocycles. The van der Waals surface area contributed by atoms with Crippen molar-refractivity contribution in [3.8, 4) is 5.75 Å². The minimum atomic E-state index is -1.05. The minimum Gasteiger partial charge on any atom is -0.497 e. The summed E-state index contributed by atoms with van der Waals surface area (Å²) in [6, 6.07) is 35.9. The van der Waals surface area contributed by atoms with Gasteiger partial charge in [-0.2, -0.15) is 0 Å². The highest BCUT2D eigenvalue weighted by atomic mass is 19.1. The van der Waals surface area contributed by atoms with Crippen molar-refractivity contribution < 1.29 is 23.8 Å². The van der Waals surface area contributed by atoms with E-state index >= 15 is 0 Å². The number of anilines is 1. The number of carbonyl (C=O) groups is 1. The predicted molar refractivity (Wildman–Crippen MR) is 184 cm³/mol. The van der Waals surface area contributed by atoms with E-state index in [0.717, 1.165) is 16.7 Å². The lowest BCUT2D eigenvalue weighted by Gasteiger charge is -2.48. The van der Waals surface area contributed by atoms with Gasteiger partial charge in [-0.05, 0) is 46.5 Å². The Morgan fingerprint density at radius 2 is 1.49 bits per heavy atom. The molecule has 0 spiro atoms. The molecule has 0 saturated heterocycles. The first kappa shape index (κ1) is 31.9. The first-order valence-electron chi connectivity index (χ1n) is 15.9. The van der Waals surface area contributed by atoms with E-state index in [9.17, 15) is 14.3 Å². The fourth-order valence-corrected chi connectivity index (χ4v) is 6.83. The summed E-state index contributed by atoms with van der Waals surface area (Å²) in [5.41, 5.74) is 3.28. The number of rotatable bonds is 11. The van der Waals surface area contributed by atoms with Gasteiger partial charge in [0, 0.05) is 17.4 Å². The molecule has 2 aromatic heterocycles. The van der Waals surface area contributed by atoms with Gasteiger partial charge in [-0.25, -0.2) is 19.3 Å². The zero-order chi connectivity index (χ0) is 33.8. The molecule has 10 heteroatoms. The first-order chi connectivity index (χ1) is 24.1. The van der Waals surface area contributed by atoms with Gasteiger partial charge < -0.3 is 24.5 Å². The molecular formula is C39H34FN5O4. The zero-order valence-corrected chi connectivity index (χ0v) is 26.7. The van der Waals surface area contributed by atoms with E-state index < -0.39 is 17.6 Å². The number of hydrogen-bond donors (Lipinski definition) is 2. The standard InChI is InChI=1S/C39H34FN5O4/c1-48-30-19-17-29(18-20-30)39(27-13-7-3-8-14-27,28-15-9-4-10-16-28)49-23-33-32(22-46)31(21-40)35(33)45-25-43-34-36(41-24-42-37(34)45)44-38(47)26-11-5-2-6-12-26/h2-21,24-25,32-33,35,46H,22-23H2,1H3,(H,41,42,44,47)/b31-21-/t32-,33+,35+/m0/s1. The van der Waals surface area contributed by atoms with Crippen LogP contribution in [0.15, 0.2) is 140 Å². The summed E-state index contributed by atoms with van der Waals surface area (Å²) in [6.45, 7) is -0.127. The molecule has 1 amide bonds. The van der Waals surface area contributed by atoms with Gasteiger partial charge in [-0.3, -0.25) is 4.79 Å². The molecule has 0 radical (unpaired) electrons. The van der Waals surface area contributed by atoms with E-state index in [4.69, 9.17) is 9.47 Å². The Morgan fingerprint density at radius 1 is 0.878 bits per heavy atom. The minimum absolute atomic E-state index is 0.144. The number of halogens is 1. The zero-order valence-electron chi connectivity index (χ0n) is 26.7. The van der Waals surface area contributed by atoms with Gasteiger partial charge in [-0.1, -0.05) is 91.0 Å². The van der Waals surface area contributed by atoms with Crippen molar-refractivity contribution in [2.45, 2.75) is 11.6 Å². The van der Waals surface area contributed by atoms with Crippen molar-refractivity contribution in [1.29, 1.82) is 0 Å². The van der Waals surface area contributed by atoms with Crippen molar-refractivity contribution in [3.63, 3.8) is 0 Å². The Labute approximate surface area is 282 Å². The van der Waals surface area contributed by atoms with E-state index in [0.29, 0.717) is 34.4 Å². The maximum atomic E-state index is 14.6. The number of imidazole rings is 1. The summed E-state index contributed by atoms with van der Waals surface area (Å²) < 4.78 is 29.0. The Balaban J connectivity index is 1.27. The molecule has 1 fully saturated rings. The first-order valence-corrected chi connectivity index (χ1v) is 15.9. The van der Waals surface area contributed by atoms with Crippen molar-refractivity contribution in [1.82, 2.24) is 19.5 Å². The number of ether oxygens (including phenoxy) is 2. The molecule has 1 saturated carbocycles. The molecule has 49 heavy (non-hydrogen) atoms. The van der Waals surface area contributed by atoms with Crippen LogP contribution in [0.3, 0.4) is 0 Å². The molecule has 0 bridgehead atoms. The smallest absolute Gasteiger partial charge is 0.256 e. The molecule has 0 unspecified atom stereocenters. The lowest BCUT2D eigenvalue weighted by molar-refractivity contribution is -0.0510. The summed E-state index contributed by atoms with van der Waals surface area (Å²) >= 11 is 0. The van der Waals surface area contributed by atoms with Crippen LogP contribution < -0.4 is 10.1 Å². The molecule has 1 aliphatic carbocycles. The third-order valence-electron chi connectivity index (χ3n) is 9.29. The van der Waals surface area contributed by atoms with Crippen molar-refractivity contribution in [2.24, 2.45) is 11.8 Å². The fraction of sp³-hybridized carbons (Fsp3) is 0.179. The predicted octanol–water partition coefficient (Wildman–Crippen LogP) is 6.73. The third-order valence-corrected chi connectivity index (χ3v) is 9.29. The van der Waals surface area contributed by atoms with Gasteiger partial charge in [-0.15, -0.1) is 0 Å². The summed E-state index contributed by atoms with van der Waals surface area (Å²) in [4.78, 5) is 26.3. The number of benzene rings is 4. The quantitative estimate of drug-likeness (QED) is 0.149. The van der Waals surface area contributed by atoms with Crippen LogP contribution >= 0.6 is 0 Å². The van der Waals surface area contributed by atoms with Crippen molar-refractivity contribution in [2.75, 3.05) is 25.6 Å². The van der Waals surface area contributed by atoms with E-state index in [1.807, 2.05) is 91.0 Å². The maximum absolute atomic E-state index is 14.6. The highest BCUT2D eigenvalue weighted by Crippen LogP contribution is 2.52. The van der Waals surface area contributed by atoms with Crippen LogP contribution in [0.25, 0.3) is 11.2 Å². The average molecular weight is 656 g/mol. The second kappa shape index (κ2) is 13.8. The van der Waals surface area contributed by atoms with Gasteiger partial charge in [0.2, 0.25) is 0 Å². The second-order valence-corrected chi connectivity index (χ2v) is 11.8. The molecule has 3 atom stereocenters. The number of nitrogens with zero attached hydrogens (tertiary/aromatic N) is 4. The normalized spacial score (nSPS) is 18.3. The number of methoxy groups -OCH3 is 1. The maximum Gasteiger partial charge on any atom is 0.256 e. The average Bonchev–Trinajstić information content (AvgIpc) is 3.58. The Morgan fingerprint density at radius 3 is 2.08 bits per heavy atom. The van der Waals surface area contributed by atoms with E-state index in [1.54, 1.807) is 42.3 Å².